The van der Waals surface area contributed by atoms with Crippen molar-refractivity contribution >= 4 is 35.3 Å². The Kier molecular flexibility index (Phi) is 12.7. The van der Waals surface area contributed by atoms with Crippen molar-refractivity contribution in [3.05, 3.63) is 59.2 Å². The number of carboxylic acids is 1. The number of ketones is 2. The average molecular weight is 585 g/mol. The van der Waals surface area contributed by atoms with Crippen LogP contribution in [0.25, 0.3) is 0 Å². The van der Waals surface area contributed by atoms with E-state index in [4.69, 9.17) is 9.47 Å². The van der Waals surface area contributed by atoms with Crippen LogP contribution in [0.4, 0.5) is 0 Å². The van der Waals surface area contributed by atoms with Gasteiger partial charge in [-0.25, -0.2) is 0 Å². The van der Waals surface area contributed by atoms with Gasteiger partial charge in [0.15, 0.2) is 11.6 Å². The number of ether oxygens (including phenoxy) is 3. The Morgan fingerprint density at radius 1 is 0.905 bits per heavy atom. The molecule has 0 saturated carbocycles. The molecule has 2 rings (SSSR count). The van der Waals surface area contributed by atoms with Gasteiger partial charge in [0.1, 0.15) is 30.2 Å². The van der Waals surface area contributed by atoms with E-state index in [0.29, 0.717) is 28.2 Å². The number of carbonyl (C=O) groups is 6. The molecule has 2 amide bonds. The number of carbonyl (C=O) groups excluding carboxylic acids is 5. The van der Waals surface area contributed by atoms with E-state index in [9.17, 15) is 33.9 Å². The Morgan fingerprint density at radius 2 is 1.57 bits per heavy atom. The zero-order valence-electron chi connectivity index (χ0n) is 24.2. The number of methoxy groups -OCH3 is 2. The van der Waals surface area contributed by atoms with Crippen LogP contribution in [-0.2, 0) is 41.6 Å². The molecule has 2 aromatic rings. The molecule has 0 aromatic heterocycles. The first-order valence-electron chi connectivity index (χ1n) is 13.1. The van der Waals surface area contributed by atoms with Gasteiger partial charge in [-0.15, -0.1) is 0 Å². The van der Waals surface area contributed by atoms with Gasteiger partial charge < -0.3 is 30.0 Å². The van der Waals surface area contributed by atoms with Crippen molar-refractivity contribution in [3.63, 3.8) is 0 Å². The summed E-state index contributed by atoms with van der Waals surface area (Å²) in [6.07, 6.45) is -0.821. The molecule has 0 saturated heterocycles. The van der Waals surface area contributed by atoms with Gasteiger partial charge in [-0.3, -0.25) is 28.8 Å². The summed E-state index contributed by atoms with van der Waals surface area (Å²) in [5.74, 6) is -3.61. The lowest BCUT2D eigenvalue weighted by Crippen LogP contribution is -2.54. The maximum atomic E-state index is 13.1. The zero-order valence-corrected chi connectivity index (χ0v) is 24.2. The first-order chi connectivity index (χ1) is 19.8. The first-order valence-corrected chi connectivity index (χ1v) is 13.1. The second-order valence-corrected chi connectivity index (χ2v) is 9.86. The predicted molar refractivity (Wildman–Crippen MR) is 150 cm³/mol. The fourth-order valence-electron chi connectivity index (χ4n) is 3.95. The fourth-order valence-corrected chi connectivity index (χ4v) is 3.95. The summed E-state index contributed by atoms with van der Waals surface area (Å²) in [5, 5.41) is 14.4. The molecule has 0 spiro atoms. The molecule has 2 atom stereocenters. The average Bonchev–Trinajstić information content (AvgIpc) is 2.94. The van der Waals surface area contributed by atoms with Crippen LogP contribution in [0.2, 0.25) is 0 Å². The highest BCUT2D eigenvalue weighted by atomic mass is 16.5. The van der Waals surface area contributed by atoms with Crippen LogP contribution in [0.5, 0.6) is 11.5 Å². The van der Waals surface area contributed by atoms with Gasteiger partial charge in [0.05, 0.1) is 33.5 Å². The lowest BCUT2D eigenvalue weighted by atomic mass is 10.0. The van der Waals surface area contributed by atoms with Crippen LogP contribution in [0, 0.1) is 5.92 Å². The van der Waals surface area contributed by atoms with Crippen molar-refractivity contribution in [3.8, 4) is 11.5 Å². The Bertz CT molecular complexity index is 1300. The van der Waals surface area contributed by atoms with Crippen LogP contribution in [0.1, 0.15) is 48.7 Å². The predicted octanol–water partition coefficient (Wildman–Crippen LogP) is 1.90. The number of esters is 1. The smallest absolute Gasteiger partial charge is 0.309 e. The van der Waals surface area contributed by atoms with Crippen LogP contribution >= 0.6 is 0 Å². The van der Waals surface area contributed by atoms with Crippen molar-refractivity contribution in [1.82, 2.24) is 10.6 Å². The SMILES string of the molecule is COC(=O)Cc1ccc(OCC(=O)[C@H](CC(=O)O)NC(=O)[C@@H](NC(=O)Cc2cc(C(C)=O)ccc2OC)C(C)C)cc1. The number of aliphatic carboxylic acids is 1. The largest absolute Gasteiger partial charge is 0.496 e. The molecule has 0 aliphatic heterocycles. The van der Waals surface area contributed by atoms with Gasteiger partial charge in [0, 0.05) is 11.1 Å². The number of hydrogen-bond donors (Lipinski definition) is 3. The molecule has 226 valence electrons. The molecule has 0 aliphatic carbocycles. The van der Waals surface area contributed by atoms with E-state index in [0.717, 1.165) is 0 Å². The van der Waals surface area contributed by atoms with Crippen molar-refractivity contribution in [2.24, 2.45) is 5.92 Å². The number of hydrogen-bond acceptors (Lipinski definition) is 9. The van der Waals surface area contributed by atoms with E-state index in [1.54, 1.807) is 56.3 Å². The Hall–Kier alpha value is -4.74. The molecule has 12 nitrogen and oxygen atoms in total. The molecule has 42 heavy (non-hydrogen) atoms. The van der Waals surface area contributed by atoms with E-state index in [1.165, 1.54) is 21.1 Å². The molecule has 12 heteroatoms. The molecule has 0 unspecified atom stereocenters. The lowest BCUT2D eigenvalue weighted by Gasteiger charge is -2.25. The van der Waals surface area contributed by atoms with E-state index in [1.807, 2.05) is 0 Å². The number of rotatable bonds is 16. The summed E-state index contributed by atoms with van der Waals surface area (Å²) in [6, 6.07) is 8.52. The van der Waals surface area contributed by atoms with Crippen LogP contribution in [0.15, 0.2) is 42.5 Å². The normalized spacial score (nSPS) is 12.0. The third-order valence-corrected chi connectivity index (χ3v) is 6.27. The van der Waals surface area contributed by atoms with E-state index >= 15 is 0 Å². The van der Waals surface area contributed by atoms with Gasteiger partial charge in [-0.05, 0) is 48.7 Å². The summed E-state index contributed by atoms with van der Waals surface area (Å²) in [5.41, 5.74) is 1.51. The second kappa shape index (κ2) is 15.9. The molecule has 0 heterocycles. The highest BCUT2D eigenvalue weighted by Crippen LogP contribution is 2.21. The number of benzene rings is 2. The zero-order chi connectivity index (χ0) is 31.4. The quantitative estimate of drug-likeness (QED) is 0.195. The molecule has 3 N–H and O–H groups in total. The van der Waals surface area contributed by atoms with Crippen molar-refractivity contribution in [2.75, 3.05) is 20.8 Å². The number of nitrogens with one attached hydrogen (secondary N) is 2. The molecule has 2 aromatic carbocycles. The molecule has 0 radical (unpaired) electrons. The van der Waals surface area contributed by atoms with Crippen molar-refractivity contribution in [2.45, 2.75) is 52.1 Å². The summed E-state index contributed by atoms with van der Waals surface area (Å²) in [4.78, 5) is 73.5. The van der Waals surface area contributed by atoms with E-state index in [-0.39, 0.29) is 18.6 Å². The Labute approximate surface area is 243 Å². The third kappa shape index (κ3) is 10.3. The summed E-state index contributed by atoms with van der Waals surface area (Å²) in [7, 11) is 2.71. The highest BCUT2D eigenvalue weighted by Gasteiger charge is 2.30. The molecular formula is C30H36N2O10. The number of amides is 2. The van der Waals surface area contributed by atoms with Gasteiger partial charge in [0.25, 0.3) is 0 Å². The van der Waals surface area contributed by atoms with Gasteiger partial charge in [-0.1, -0.05) is 26.0 Å². The fraction of sp³-hybridized carbons (Fsp3) is 0.400. The third-order valence-electron chi connectivity index (χ3n) is 6.27. The standard InChI is InChI=1S/C30H36N2O10/c1-17(2)29(32-26(35)14-21-13-20(18(3)33)8-11-25(21)40-4)30(39)31-23(15-27(36)37)24(34)16-42-22-9-6-19(7-10-22)12-28(38)41-5/h6-11,13,17,23,29H,12,14-16H2,1-5H3,(H,31,39)(H,32,35)(H,36,37)/t23-,29-/m0/s1. The number of carboxylic acid groups (broad SMARTS) is 1. The first kappa shape index (κ1) is 33.5. The van der Waals surface area contributed by atoms with Gasteiger partial charge in [0.2, 0.25) is 11.8 Å². The summed E-state index contributed by atoms with van der Waals surface area (Å²) in [6.45, 7) is 4.23. The molecule has 0 bridgehead atoms. The van der Waals surface area contributed by atoms with E-state index in [2.05, 4.69) is 15.4 Å². The van der Waals surface area contributed by atoms with Crippen molar-refractivity contribution < 1.29 is 48.1 Å². The van der Waals surface area contributed by atoms with Gasteiger partial charge in [-0.2, -0.15) is 0 Å². The monoisotopic (exact) mass is 584 g/mol. The maximum absolute atomic E-state index is 13.1. The van der Waals surface area contributed by atoms with Crippen LogP contribution < -0.4 is 20.1 Å². The molecule has 0 aliphatic rings. The van der Waals surface area contributed by atoms with Gasteiger partial charge >= 0.3 is 11.9 Å². The number of Topliss-reactive ketones (excluding diaryl/α,β-unsaturated/α-hetero) is 2. The minimum absolute atomic E-state index is 0.0638. The topological polar surface area (TPSA) is 174 Å². The van der Waals surface area contributed by atoms with Crippen LogP contribution in [-0.4, -0.2) is 73.3 Å². The minimum atomic E-state index is -1.42. The Balaban J connectivity index is 2.08. The minimum Gasteiger partial charge on any atom is -0.496 e. The molecular weight excluding hydrogens is 548 g/mol. The lowest BCUT2D eigenvalue weighted by molar-refractivity contribution is -0.141. The summed E-state index contributed by atoms with van der Waals surface area (Å²) < 4.78 is 15.4. The van der Waals surface area contributed by atoms with E-state index < -0.39 is 60.6 Å². The van der Waals surface area contributed by atoms with Crippen LogP contribution in [0.3, 0.4) is 0 Å². The molecule has 0 fully saturated rings. The van der Waals surface area contributed by atoms with Crippen molar-refractivity contribution in [1.29, 1.82) is 0 Å². The highest BCUT2D eigenvalue weighted by molar-refractivity contribution is 5.96. The summed E-state index contributed by atoms with van der Waals surface area (Å²) >= 11 is 0. The Morgan fingerprint density at radius 3 is 2.12 bits per heavy atom. The second-order valence-electron chi connectivity index (χ2n) is 9.86. The maximum Gasteiger partial charge on any atom is 0.309 e.